The van der Waals surface area contributed by atoms with Crippen molar-refractivity contribution in [2.24, 2.45) is 5.92 Å². The molecule has 3 rings (SSSR count). The van der Waals surface area contributed by atoms with E-state index in [4.69, 9.17) is 12.2 Å². The zero-order chi connectivity index (χ0) is 24.1. The van der Waals surface area contributed by atoms with Crippen LogP contribution in [0.2, 0.25) is 0 Å². The highest BCUT2D eigenvalue weighted by Crippen LogP contribution is 2.30. The van der Waals surface area contributed by atoms with Gasteiger partial charge >= 0.3 is 0 Å². The van der Waals surface area contributed by atoms with Gasteiger partial charge in [0.05, 0.1) is 21.5 Å². The summed E-state index contributed by atoms with van der Waals surface area (Å²) in [4.78, 5) is 56.4. The molecule has 170 valence electrons. The van der Waals surface area contributed by atoms with Gasteiger partial charge in [-0.15, -0.1) is 0 Å². The van der Waals surface area contributed by atoms with E-state index in [1.54, 1.807) is 12.1 Å². The van der Waals surface area contributed by atoms with Crippen LogP contribution >= 0.6 is 12.2 Å². The number of anilines is 1. The second-order valence-corrected chi connectivity index (χ2v) is 7.36. The minimum absolute atomic E-state index is 0.0431. The van der Waals surface area contributed by atoms with Crippen LogP contribution in [0.15, 0.2) is 42.5 Å². The van der Waals surface area contributed by atoms with Crippen LogP contribution in [0.1, 0.15) is 33.6 Å². The molecule has 0 bridgehead atoms. The second kappa shape index (κ2) is 9.78. The zero-order valence-corrected chi connectivity index (χ0v) is 17.5. The number of amides is 3. The molecule has 0 spiro atoms. The fourth-order valence-corrected chi connectivity index (χ4v) is 2.77. The molecule has 0 heterocycles. The molecule has 1 fully saturated rings. The van der Waals surface area contributed by atoms with Crippen molar-refractivity contribution in [3.8, 4) is 0 Å². The van der Waals surface area contributed by atoms with Crippen LogP contribution in [0.25, 0.3) is 0 Å². The van der Waals surface area contributed by atoms with Gasteiger partial charge in [0.1, 0.15) is 0 Å². The quantitative estimate of drug-likeness (QED) is 0.276. The number of benzene rings is 2. The molecule has 13 nitrogen and oxygen atoms in total. The Labute approximate surface area is 190 Å². The molecule has 0 saturated heterocycles. The number of hydrogen-bond acceptors (Lipinski definition) is 8. The van der Waals surface area contributed by atoms with Crippen LogP contribution in [-0.2, 0) is 4.79 Å². The minimum atomic E-state index is -0.954. The second-order valence-electron chi connectivity index (χ2n) is 6.96. The number of nitro benzene ring substituents is 2. The Balaban J connectivity index is 1.54. The molecule has 2 aromatic carbocycles. The van der Waals surface area contributed by atoms with Crippen molar-refractivity contribution in [3.63, 3.8) is 0 Å². The number of rotatable bonds is 6. The SMILES string of the molecule is O=C(NNC(=S)NC(=O)c1cc([N+](=O)[O-])cc([N+](=O)[O-])c1)c1ccc(NC(=O)C2CC2)cc1. The van der Waals surface area contributed by atoms with Gasteiger partial charge in [0.2, 0.25) is 5.91 Å². The van der Waals surface area contributed by atoms with E-state index in [9.17, 15) is 34.6 Å². The fraction of sp³-hybridized carbons (Fsp3) is 0.158. The lowest BCUT2D eigenvalue weighted by molar-refractivity contribution is -0.394. The van der Waals surface area contributed by atoms with Crippen molar-refractivity contribution < 1.29 is 24.2 Å². The molecule has 1 aliphatic carbocycles. The van der Waals surface area contributed by atoms with E-state index in [-0.39, 0.29) is 28.1 Å². The first-order chi connectivity index (χ1) is 15.6. The molecule has 1 aliphatic rings. The Bertz CT molecular complexity index is 1130. The number of carbonyl (C=O) groups excluding carboxylic acids is 3. The van der Waals surface area contributed by atoms with Crippen molar-refractivity contribution in [1.29, 1.82) is 0 Å². The lowest BCUT2D eigenvalue weighted by atomic mass is 10.1. The Kier molecular flexibility index (Phi) is 6.88. The summed E-state index contributed by atoms with van der Waals surface area (Å²) < 4.78 is 0. The Morgan fingerprint density at radius 2 is 1.42 bits per heavy atom. The van der Waals surface area contributed by atoms with Crippen molar-refractivity contribution in [2.45, 2.75) is 12.8 Å². The van der Waals surface area contributed by atoms with E-state index in [2.05, 4.69) is 21.5 Å². The number of carbonyl (C=O) groups is 3. The predicted molar refractivity (Wildman–Crippen MR) is 118 cm³/mol. The van der Waals surface area contributed by atoms with Gasteiger partial charge in [-0.3, -0.25) is 50.8 Å². The first kappa shape index (κ1) is 23.2. The summed E-state index contributed by atoms with van der Waals surface area (Å²) in [5.74, 6) is -1.58. The highest BCUT2D eigenvalue weighted by molar-refractivity contribution is 7.80. The van der Waals surface area contributed by atoms with Crippen LogP contribution < -0.4 is 21.5 Å². The van der Waals surface area contributed by atoms with E-state index >= 15 is 0 Å². The highest BCUT2D eigenvalue weighted by Gasteiger charge is 2.29. The van der Waals surface area contributed by atoms with Gasteiger partial charge in [0.15, 0.2) is 5.11 Å². The lowest BCUT2D eigenvalue weighted by Gasteiger charge is -2.11. The first-order valence-corrected chi connectivity index (χ1v) is 9.81. The first-order valence-electron chi connectivity index (χ1n) is 9.40. The van der Waals surface area contributed by atoms with Gasteiger partial charge in [0.25, 0.3) is 23.2 Å². The molecule has 1 saturated carbocycles. The molecular formula is C19H16N6O7S. The van der Waals surface area contributed by atoms with Crippen LogP contribution in [0.3, 0.4) is 0 Å². The summed E-state index contributed by atoms with van der Waals surface area (Å²) in [6.07, 6.45) is 1.74. The van der Waals surface area contributed by atoms with E-state index in [1.807, 2.05) is 0 Å². The van der Waals surface area contributed by atoms with Gasteiger partial charge in [-0.1, -0.05) is 0 Å². The van der Waals surface area contributed by atoms with Crippen LogP contribution in [0, 0.1) is 26.1 Å². The topological polar surface area (TPSA) is 186 Å². The maximum absolute atomic E-state index is 12.3. The van der Waals surface area contributed by atoms with Gasteiger partial charge in [-0.05, 0) is 49.3 Å². The number of nitrogens with zero attached hydrogens (tertiary/aromatic N) is 2. The summed E-state index contributed by atoms with van der Waals surface area (Å²) in [5, 5.41) is 26.4. The molecule has 0 radical (unpaired) electrons. The number of nitrogens with one attached hydrogen (secondary N) is 4. The van der Waals surface area contributed by atoms with E-state index in [0.29, 0.717) is 5.69 Å². The van der Waals surface area contributed by atoms with Crippen molar-refractivity contribution in [3.05, 3.63) is 73.8 Å². The van der Waals surface area contributed by atoms with Crippen LogP contribution in [0.4, 0.5) is 17.1 Å². The third kappa shape index (κ3) is 6.27. The summed E-state index contributed by atoms with van der Waals surface area (Å²) in [5.41, 5.74) is 3.68. The van der Waals surface area contributed by atoms with Gasteiger partial charge < -0.3 is 5.32 Å². The number of hydrazine groups is 1. The molecular weight excluding hydrogens is 456 g/mol. The number of hydrogen-bond donors (Lipinski definition) is 4. The molecule has 0 unspecified atom stereocenters. The Hall–Kier alpha value is -4.46. The fourth-order valence-electron chi connectivity index (χ4n) is 2.62. The number of nitro groups is 2. The van der Waals surface area contributed by atoms with Crippen LogP contribution in [-0.4, -0.2) is 32.7 Å². The number of thiocarbonyl (C=S) groups is 1. The third-order valence-electron chi connectivity index (χ3n) is 4.47. The molecule has 2 aromatic rings. The summed E-state index contributed by atoms with van der Waals surface area (Å²) in [7, 11) is 0. The maximum atomic E-state index is 12.3. The molecule has 0 aliphatic heterocycles. The largest absolute Gasteiger partial charge is 0.326 e. The van der Waals surface area contributed by atoms with E-state index in [0.717, 1.165) is 31.0 Å². The normalized spacial score (nSPS) is 12.2. The molecule has 3 amide bonds. The molecule has 0 aromatic heterocycles. The van der Waals surface area contributed by atoms with Crippen molar-refractivity contribution in [2.75, 3.05) is 5.32 Å². The molecule has 4 N–H and O–H groups in total. The lowest BCUT2D eigenvalue weighted by Crippen LogP contribution is -2.48. The van der Waals surface area contributed by atoms with Gasteiger partial charge in [-0.2, -0.15) is 0 Å². The third-order valence-corrected chi connectivity index (χ3v) is 4.67. The molecule has 14 heteroatoms. The Morgan fingerprint density at radius 3 is 1.94 bits per heavy atom. The smallest absolute Gasteiger partial charge is 0.277 e. The molecule has 0 atom stereocenters. The predicted octanol–water partition coefficient (Wildman–Crippen LogP) is 1.80. The minimum Gasteiger partial charge on any atom is -0.326 e. The van der Waals surface area contributed by atoms with Crippen molar-refractivity contribution >= 4 is 52.1 Å². The van der Waals surface area contributed by atoms with Gasteiger partial charge in [-0.25, -0.2) is 0 Å². The summed E-state index contributed by atoms with van der Waals surface area (Å²) in [6.45, 7) is 0. The summed E-state index contributed by atoms with van der Waals surface area (Å²) >= 11 is 4.89. The Morgan fingerprint density at radius 1 is 0.848 bits per heavy atom. The monoisotopic (exact) mass is 472 g/mol. The van der Waals surface area contributed by atoms with Crippen LogP contribution in [0.5, 0.6) is 0 Å². The van der Waals surface area contributed by atoms with Gasteiger partial charge in [0, 0.05) is 29.3 Å². The average Bonchev–Trinajstić information content (AvgIpc) is 3.63. The average molecular weight is 472 g/mol. The summed E-state index contributed by atoms with van der Waals surface area (Å²) in [6, 6.07) is 8.50. The van der Waals surface area contributed by atoms with Crippen molar-refractivity contribution in [1.82, 2.24) is 16.2 Å². The number of non-ortho nitro benzene ring substituents is 2. The van der Waals surface area contributed by atoms with E-state index < -0.39 is 33.0 Å². The zero-order valence-electron chi connectivity index (χ0n) is 16.7. The maximum Gasteiger partial charge on any atom is 0.277 e. The molecule has 33 heavy (non-hydrogen) atoms. The van der Waals surface area contributed by atoms with E-state index in [1.165, 1.54) is 12.1 Å². The standard InChI is InChI=1S/C19H16N6O7S/c26-16(10-1-2-10)20-13-5-3-11(4-6-13)18(28)22-23-19(33)21-17(27)12-7-14(24(29)30)9-15(8-12)25(31)32/h3-10H,1-2H2,(H,20,26)(H,22,28)(H2,21,23,27,33). The highest BCUT2D eigenvalue weighted by atomic mass is 32.1.